The van der Waals surface area contributed by atoms with Gasteiger partial charge in [-0.1, -0.05) is 43.3 Å². The molecule has 0 amide bonds. The van der Waals surface area contributed by atoms with Gasteiger partial charge in [0.1, 0.15) is 0 Å². The van der Waals surface area contributed by atoms with Gasteiger partial charge in [0.2, 0.25) is 0 Å². The number of hydrogen-bond acceptors (Lipinski definition) is 6. The summed E-state index contributed by atoms with van der Waals surface area (Å²) in [5.74, 6) is 0. The molecule has 3 rings (SSSR count). The van der Waals surface area contributed by atoms with Crippen molar-refractivity contribution in [3.05, 3.63) is 35.7 Å². The molecule has 0 bridgehead atoms. The Hall–Kier alpha value is -2.58. The molecule has 3 aromatic rings. The molecule has 3 aromatic heterocycles. The maximum Gasteiger partial charge on any atom is 0.0827 e. The fourth-order valence-electron chi connectivity index (χ4n) is 2.70. The summed E-state index contributed by atoms with van der Waals surface area (Å²) in [5, 5.41) is 24.6. The molecular weight excluding hydrogens is 366 g/mol. The van der Waals surface area contributed by atoms with Gasteiger partial charge in [-0.05, 0) is 46.0 Å². The smallest absolute Gasteiger partial charge is 0.0827 e. The normalized spacial score (nSPS) is 10.1. The molecule has 0 saturated carbocycles. The molecule has 29 heavy (non-hydrogen) atoms. The fourth-order valence-corrected chi connectivity index (χ4v) is 2.70. The lowest BCUT2D eigenvalue weighted by atomic mass is 10.2. The number of rotatable bonds is 10. The Morgan fingerprint density at radius 2 is 1.00 bits per heavy atom. The summed E-state index contributed by atoms with van der Waals surface area (Å²) in [5.41, 5.74) is 2.98. The summed E-state index contributed by atoms with van der Waals surface area (Å²) in [4.78, 5) is 0. The molecule has 0 aliphatic carbocycles. The minimum atomic E-state index is 0.888. The van der Waals surface area contributed by atoms with E-state index in [1.54, 1.807) is 0 Å². The van der Waals surface area contributed by atoms with Gasteiger partial charge in [0.15, 0.2) is 0 Å². The molecule has 0 aliphatic rings. The second-order valence-electron chi connectivity index (χ2n) is 6.38. The van der Waals surface area contributed by atoms with Crippen LogP contribution < -0.4 is 0 Å². The van der Waals surface area contributed by atoms with Crippen LogP contribution in [0.3, 0.4) is 0 Å². The summed E-state index contributed by atoms with van der Waals surface area (Å²) in [6.07, 6.45) is 11.2. The average Bonchev–Trinajstić information content (AvgIpc) is 3.48. The maximum absolute atomic E-state index is 4.26. The molecule has 9 heteroatoms. The zero-order valence-corrected chi connectivity index (χ0v) is 18.9. The second kappa shape index (κ2) is 14.4. The summed E-state index contributed by atoms with van der Waals surface area (Å²) >= 11 is 0. The molecule has 0 saturated heterocycles. The highest BCUT2D eigenvalue weighted by molar-refractivity contribution is 4.92. The molecule has 0 unspecified atom stereocenters. The molecular formula is C20H37N9. The minimum absolute atomic E-state index is 0.888. The molecule has 0 aromatic carbocycles. The Bertz CT molecular complexity index is 710. The van der Waals surface area contributed by atoms with Crippen LogP contribution in [-0.4, -0.2) is 45.0 Å². The highest BCUT2D eigenvalue weighted by atomic mass is 15.4. The zero-order chi connectivity index (χ0) is 21.5. The van der Waals surface area contributed by atoms with E-state index in [0.29, 0.717) is 0 Å². The van der Waals surface area contributed by atoms with Crippen molar-refractivity contribution in [2.45, 2.75) is 93.3 Å². The van der Waals surface area contributed by atoms with Crippen LogP contribution in [0.2, 0.25) is 0 Å². The van der Waals surface area contributed by atoms with Crippen molar-refractivity contribution in [3.8, 4) is 0 Å². The van der Waals surface area contributed by atoms with Gasteiger partial charge in [0.05, 0.1) is 17.1 Å². The van der Waals surface area contributed by atoms with E-state index in [1.807, 2.05) is 68.0 Å². The lowest BCUT2D eigenvalue weighted by molar-refractivity contribution is 0.487. The highest BCUT2D eigenvalue weighted by Crippen LogP contribution is 2.04. The molecule has 0 aliphatic heterocycles. The third-order valence-corrected chi connectivity index (χ3v) is 3.99. The van der Waals surface area contributed by atoms with Crippen LogP contribution in [0.15, 0.2) is 18.6 Å². The number of nitrogens with zero attached hydrogens (tertiary/aromatic N) is 9. The maximum atomic E-state index is 4.26. The van der Waals surface area contributed by atoms with E-state index < -0.39 is 0 Å². The van der Waals surface area contributed by atoms with Crippen molar-refractivity contribution in [2.24, 2.45) is 0 Å². The molecule has 0 radical (unpaired) electrons. The standard InChI is InChI=1S/C16H25N9.2C2H6/c1-14-11-23(20-17-14)8-4-3-7-16-13-25(22-19-16)10-6-5-9-24-12-15(2)18-21-24;2*1-2/h11-13H,3-10H2,1-2H3;2*1-2H3. The summed E-state index contributed by atoms with van der Waals surface area (Å²) in [6, 6.07) is 0. The van der Waals surface area contributed by atoms with Crippen LogP contribution in [0.5, 0.6) is 0 Å². The highest BCUT2D eigenvalue weighted by Gasteiger charge is 2.02. The molecule has 9 nitrogen and oxygen atoms in total. The van der Waals surface area contributed by atoms with Gasteiger partial charge >= 0.3 is 0 Å². The van der Waals surface area contributed by atoms with E-state index in [9.17, 15) is 0 Å². The van der Waals surface area contributed by atoms with E-state index in [-0.39, 0.29) is 0 Å². The Balaban J connectivity index is 0.000000989. The number of hydrogen-bond donors (Lipinski definition) is 0. The van der Waals surface area contributed by atoms with Gasteiger partial charge in [-0.2, -0.15) is 0 Å². The van der Waals surface area contributed by atoms with Crippen LogP contribution in [0.1, 0.15) is 70.5 Å². The first-order valence-electron chi connectivity index (χ1n) is 10.8. The lowest BCUT2D eigenvalue weighted by Gasteiger charge is -2.01. The van der Waals surface area contributed by atoms with Crippen LogP contribution in [0.25, 0.3) is 0 Å². The van der Waals surface area contributed by atoms with Crippen molar-refractivity contribution in [3.63, 3.8) is 0 Å². The molecule has 0 fully saturated rings. The van der Waals surface area contributed by atoms with Crippen molar-refractivity contribution in [1.82, 2.24) is 45.0 Å². The molecule has 162 valence electrons. The lowest BCUT2D eigenvalue weighted by Crippen LogP contribution is -2.03. The number of aryl methyl sites for hydroxylation is 6. The first-order valence-corrected chi connectivity index (χ1v) is 10.8. The van der Waals surface area contributed by atoms with Crippen LogP contribution in [0.4, 0.5) is 0 Å². The number of aromatic nitrogens is 9. The first kappa shape index (κ1) is 24.5. The molecule has 0 spiro atoms. The van der Waals surface area contributed by atoms with E-state index in [1.165, 1.54) is 0 Å². The van der Waals surface area contributed by atoms with Crippen molar-refractivity contribution in [2.75, 3.05) is 0 Å². The van der Waals surface area contributed by atoms with Gasteiger partial charge in [0, 0.05) is 38.2 Å². The Morgan fingerprint density at radius 3 is 1.45 bits per heavy atom. The van der Waals surface area contributed by atoms with E-state index >= 15 is 0 Å². The molecule has 0 atom stereocenters. The van der Waals surface area contributed by atoms with Gasteiger partial charge in [-0.15, -0.1) is 15.3 Å². The third-order valence-electron chi connectivity index (χ3n) is 3.99. The predicted octanol–water partition coefficient (Wildman–Crippen LogP) is 3.63. The zero-order valence-electron chi connectivity index (χ0n) is 18.9. The van der Waals surface area contributed by atoms with Gasteiger partial charge < -0.3 is 0 Å². The van der Waals surface area contributed by atoms with Crippen molar-refractivity contribution >= 4 is 0 Å². The van der Waals surface area contributed by atoms with Crippen molar-refractivity contribution < 1.29 is 0 Å². The fraction of sp³-hybridized carbons (Fsp3) is 0.700. The molecule has 0 N–H and O–H groups in total. The quantitative estimate of drug-likeness (QED) is 0.480. The second-order valence-corrected chi connectivity index (χ2v) is 6.38. The first-order chi connectivity index (χ1) is 14.2. The SMILES string of the molecule is CC.CC.Cc1cn(CCCCc2cn(CCCCn3cc(C)nn3)nn2)nn1. The summed E-state index contributed by atoms with van der Waals surface area (Å²) in [7, 11) is 0. The average molecular weight is 404 g/mol. The van der Waals surface area contributed by atoms with Crippen LogP contribution in [0, 0.1) is 13.8 Å². The molecule has 3 heterocycles. The third kappa shape index (κ3) is 9.45. The van der Waals surface area contributed by atoms with Crippen LogP contribution in [-0.2, 0) is 26.1 Å². The van der Waals surface area contributed by atoms with Gasteiger partial charge in [0.25, 0.3) is 0 Å². The summed E-state index contributed by atoms with van der Waals surface area (Å²) in [6.45, 7) is 14.6. The topological polar surface area (TPSA) is 92.1 Å². The summed E-state index contributed by atoms with van der Waals surface area (Å²) < 4.78 is 5.71. The predicted molar refractivity (Wildman–Crippen MR) is 114 cm³/mol. The van der Waals surface area contributed by atoms with E-state index in [0.717, 1.165) is 68.8 Å². The Labute approximate surface area is 174 Å². The number of unbranched alkanes of at least 4 members (excludes halogenated alkanes) is 2. The largest absolute Gasteiger partial charge is 0.252 e. The minimum Gasteiger partial charge on any atom is -0.252 e. The van der Waals surface area contributed by atoms with E-state index in [2.05, 4.69) is 37.1 Å². The van der Waals surface area contributed by atoms with E-state index in [4.69, 9.17) is 0 Å². The van der Waals surface area contributed by atoms with Crippen LogP contribution >= 0.6 is 0 Å². The Morgan fingerprint density at radius 1 is 0.586 bits per heavy atom. The Kier molecular flexibility index (Phi) is 12.2. The van der Waals surface area contributed by atoms with Gasteiger partial charge in [-0.25, -0.2) is 0 Å². The van der Waals surface area contributed by atoms with Crippen molar-refractivity contribution in [1.29, 1.82) is 0 Å². The van der Waals surface area contributed by atoms with Gasteiger partial charge in [-0.3, -0.25) is 14.0 Å². The monoisotopic (exact) mass is 403 g/mol.